The van der Waals surface area contributed by atoms with Crippen molar-refractivity contribution in [1.29, 1.82) is 0 Å². The van der Waals surface area contributed by atoms with Crippen molar-refractivity contribution in [2.24, 2.45) is 5.92 Å². The number of ether oxygens (including phenoxy) is 2. The average molecular weight is 284 g/mol. The molecule has 0 aromatic heterocycles. The minimum Gasteiger partial charge on any atom is -0.463 e. The van der Waals surface area contributed by atoms with Crippen molar-refractivity contribution >= 4 is 11.9 Å². The molecule has 1 atom stereocenters. The molecule has 0 heterocycles. The summed E-state index contributed by atoms with van der Waals surface area (Å²) in [5, 5.41) is 0. The summed E-state index contributed by atoms with van der Waals surface area (Å²) in [5.74, 6) is -0.522. The summed E-state index contributed by atoms with van der Waals surface area (Å²) in [6.07, 6.45) is 7.14. The van der Waals surface area contributed by atoms with E-state index in [2.05, 4.69) is 20.8 Å². The lowest BCUT2D eigenvalue weighted by Crippen LogP contribution is -2.15. The number of esters is 2. The summed E-state index contributed by atoms with van der Waals surface area (Å²) >= 11 is 0. The van der Waals surface area contributed by atoms with Gasteiger partial charge in [-0.05, 0) is 25.7 Å². The molecule has 0 aliphatic rings. The molecular formula is C16H28O4. The summed E-state index contributed by atoms with van der Waals surface area (Å²) in [6, 6.07) is 0. The van der Waals surface area contributed by atoms with Crippen LogP contribution in [0.4, 0.5) is 0 Å². The smallest absolute Gasteiger partial charge is 0.331 e. The highest BCUT2D eigenvalue weighted by molar-refractivity contribution is 5.91. The predicted molar refractivity (Wildman–Crippen MR) is 79.3 cm³/mol. The number of hydrogen-bond acceptors (Lipinski definition) is 4. The molecule has 0 rings (SSSR count). The standard InChI is InChI=1S/C16H28O4/c1-5-6-7-8-11-19-15(17)9-10-16(18)20-14(4)12-13(2)3/h9-10,13-14H,5-8,11-12H2,1-4H3/b10-9+. The molecule has 116 valence electrons. The highest BCUT2D eigenvalue weighted by Gasteiger charge is 2.09. The van der Waals surface area contributed by atoms with Crippen LogP contribution >= 0.6 is 0 Å². The maximum absolute atomic E-state index is 11.4. The lowest BCUT2D eigenvalue weighted by Gasteiger charge is -2.13. The fraction of sp³-hybridized carbons (Fsp3) is 0.750. The van der Waals surface area contributed by atoms with E-state index in [1.165, 1.54) is 0 Å². The lowest BCUT2D eigenvalue weighted by molar-refractivity contribution is -0.144. The zero-order valence-corrected chi connectivity index (χ0v) is 13.2. The van der Waals surface area contributed by atoms with Crippen LogP contribution in [-0.2, 0) is 19.1 Å². The van der Waals surface area contributed by atoms with Gasteiger partial charge in [-0.15, -0.1) is 0 Å². The van der Waals surface area contributed by atoms with E-state index in [-0.39, 0.29) is 6.10 Å². The Balaban J connectivity index is 3.80. The molecule has 0 aromatic carbocycles. The van der Waals surface area contributed by atoms with Crippen LogP contribution in [0.2, 0.25) is 0 Å². The van der Waals surface area contributed by atoms with Gasteiger partial charge in [0.25, 0.3) is 0 Å². The van der Waals surface area contributed by atoms with E-state index in [0.29, 0.717) is 12.5 Å². The highest BCUT2D eigenvalue weighted by atomic mass is 16.5. The quantitative estimate of drug-likeness (QED) is 0.349. The van der Waals surface area contributed by atoms with Gasteiger partial charge in [0.2, 0.25) is 0 Å². The zero-order chi connectivity index (χ0) is 15.4. The van der Waals surface area contributed by atoms with Gasteiger partial charge in [-0.2, -0.15) is 0 Å². The minimum atomic E-state index is -0.499. The van der Waals surface area contributed by atoms with Crippen molar-refractivity contribution in [2.75, 3.05) is 6.61 Å². The third kappa shape index (κ3) is 11.8. The average Bonchev–Trinajstić information content (AvgIpc) is 2.35. The van der Waals surface area contributed by atoms with E-state index in [9.17, 15) is 9.59 Å². The first-order valence-corrected chi connectivity index (χ1v) is 7.51. The van der Waals surface area contributed by atoms with Gasteiger partial charge < -0.3 is 9.47 Å². The second-order valence-corrected chi connectivity index (χ2v) is 5.44. The van der Waals surface area contributed by atoms with Gasteiger partial charge in [-0.25, -0.2) is 9.59 Å². The Hall–Kier alpha value is -1.32. The first-order valence-electron chi connectivity index (χ1n) is 7.51. The fourth-order valence-corrected chi connectivity index (χ4v) is 1.84. The van der Waals surface area contributed by atoms with Crippen LogP contribution in [0.25, 0.3) is 0 Å². The summed E-state index contributed by atoms with van der Waals surface area (Å²) in [4.78, 5) is 22.8. The Morgan fingerprint density at radius 1 is 1.00 bits per heavy atom. The van der Waals surface area contributed by atoms with Crippen molar-refractivity contribution in [2.45, 2.75) is 65.9 Å². The van der Waals surface area contributed by atoms with Gasteiger partial charge in [0.1, 0.15) is 0 Å². The molecule has 0 amide bonds. The van der Waals surface area contributed by atoms with E-state index in [1.54, 1.807) is 0 Å². The van der Waals surface area contributed by atoms with Gasteiger partial charge in [0.15, 0.2) is 0 Å². The van der Waals surface area contributed by atoms with E-state index in [1.807, 2.05) is 6.92 Å². The van der Waals surface area contributed by atoms with E-state index < -0.39 is 11.9 Å². The van der Waals surface area contributed by atoms with Gasteiger partial charge in [-0.3, -0.25) is 0 Å². The topological polar surface area (TPSA) is 52.6 Å². The number of rotatable bonds is 10. The molecule has 0 fully saturated rings. The van der Waals surface area contributed by atoms with Gasteiger partial charge in [0.05, 0.1) is 12.7 Å². The summed E-state index contributed by atoms with van der Waals surface area (Å²) in [6.45, 7) is 8.51. The third-order valence-corrected chi connectivity index (χ3v) is 2.72. The number of hydrogen-bond donors (Lipinski definition) is 0. The predicted octanol–water partition coefficient (Wildman–Crippen LogP) is 3.64. The van der Waals surface area contributed by atoms with Crippen LogP contribution in [0.3, 0.4) is 0 Å². The lowest BCUT2D eigenvalue weighted by atomic mass is 10.1. The fourth-order valence-electron chi connectivity index (χ4n) is 1.84. The number of carbonyl (C=O) groups is 2. The van der Waals surface area contributed by atoms with Crippen LogP contribution < -0.4 is 0 Å². The van der Waals surface area contributed by atoms with Gasteiger partial charge in [-0.1, -0.05) is 40.0 Å². The number of unbranched alkanes of at least 4 members (excludes halogenated alkanes) is 3. The van der Waals surface area contributed by atoms with Crippen molar-refractivity contribution < 1.29 is 19.1 Å². The maximum atomic E-state index is 11.4. The Bertz CT molecular complexity index is 308. The van der Waals surface area contributed by atoms with E-state index in [4.69, 9.17) is 9.47 Å². The van der Waals surface area contributed by atoms with Crippen molar-refractivity contribution in [3.8, 4) is 0 Å². The zero-order valence-electron chi connectivity index (χ0n) is 13.2. The van der Waals surface area contributed by atoms with Crippen LogP contribution in [0.5, 0.6) is 0 Å². The Kier molecular flexibility index (Phi) is 10.7. The van der Waals surface area contributed by atoms with Crippen LogP contribution in [0.1, 0.15) is 59.8 Å². The maximum Gasteiger partial charge on any atom is 0.331 e. The molecule has 0 N–H and O–H groups in total. The third-order valence-electron chi connectivity index (χ3n) is 2.72. The molecule has 20 heavy (non-hydrogen) atoms. The molecule has 1 unspecified atom stereocenters. The Morgan fingerprint density at radius 3 is 2.25 bits per heavy atom. The molecule has 4 nitrogen and oxygen atoms in total. The molecule has 0 saturated carbocycles. The monoisotopic (exact) mass is 284 g/mol. The molecule has 0 aliphatic carbocycles. The summed E-state index contributed by atoms with van der Waals surface area (Å²) < 4.78 is 10.1. The second kappa shape index (κ2) is 11.5. The van der Waals surface area contributed by atoms with Crippen molar-refractivity contribution in [1.82, 2.24) is 0 Å². The second-order valence-electron chi connectivity index (χ2n) is 5.44. The highest BCUT2D eigenvalue weighted by Crippen LogP contribution is 2.07. The largest absolute Gasteiger partial charge is 0.463 e. The van der Waals surface area contributed by atoms with Gasteiger partial charge >= 0.3 is 11.9 Å². The van der Waals surface area contributed by atoms with Crippen LogP contribution in [-0.4, -0.2) is 24.6 Å². The summed E-state index contributed by atoms with van der Waals surface area (Å²) in [5.41, 5.74) is 0. The van der Waals surface area contributed by atoms with E-state index >= 15 is 0 Å². The number of carbonyl (C=O) groups excluding carboxylic acids is 2. The van der Waals surface area contributed by atoms with Crippen molar-refractivity contribution in [3.63, 3.8) is 0 Å². The molecule has 0 aromatic rings. The molecule has 0 saturated heterocycles. The Labute approximate surface area is 122 Å². The normalized spacial score (nSPS) is 12.7. The molecule has 0 aliphatic heterocycles. The first-order chi connectivity index (χ1) is 9.45. The van der Waals surface area contributed by atoms with E-state index in [0.717, 1.165) is 44.3 Å². The van der Waals surface area contributed by atoms with Gasteiger partial charge in [0, 0.05) is 12.2 Å². The molecule has 0 radical (unpaired) electrons. The summed E-state index contributed by atoms with van der Waals surface area (Å²) in [7, 11) is 0. The SMILES string of the molecule is CCCCCCOC(=O)/C=C/C(=O)OC(C)CC(C)C. The molecule has 0 bridgehead atoms. The van der Waals surface area contributed by atoms with Crippen LogP contribution in [0, 0.1) is 5.92 Å². The Morgan fingerprint density at radius 2 is 1.65 bits per heavy atom. The molecule has 0 spiro atoms. The minimum absolute atomic E-state index is 0.141. The molecule has 4 heteroatoms. The molecular weight excluding hydrogens is 256 g/mol. The van der Waals surface area contributed by atoms with Crippen LogP contribution in [0.15, 0.2) is 12.2 Å². The first kappa shape index (κ1) is 18.7. The van der Waals surface area contributed by atoms with Crippen molar-refractivity contribution in [3.05, 3.63) is 12.2 Å².